The lowest BCUT2D eigenvalue weighted by Crippen LogP contribution is -2.33. The van der Waals surface area contributed by atoms with Gasteiger partial charge >= 0.3 is 0 Å². The Hall–Kier alpha value is -2.96. The molecule has 2 aromatic carbocycles. The number of amides is 1. The first-order chi connectivity index (χ1) is 11.5. The lowest BCUT2D eigenvalue weighted by Gasteiger charge is -2.13. The van der Waals surface area contributed by atoms with Gasteiger partial charge in [0.05, 0.1) is 13.3 Å². The van der Waals surface area contributed by atoms with Gasteiger partial charge in [-0.25, -0.2) is 14.2 Å². The van der Waals surface area contributed by atoms with Gasteiger partial charge in [0.2, 0.25) is 0 Å². The number of nitrogens with one attached hydrogen (secondary N) is 1. The SMILES string of the molecule is COc1ccc(/C=N\NC(=O)[C@@H](C)Oc2ccccc2F)cc1F. The van der Waals surface area contributed by atoms with E-state index in [1.165, 1.54) is 50.6 Å². The Morgan fingerprint density at radius 2 is 1.92 bits per heavy atom. The van der Waals surface area contributed by atoms with E-state index < -0.39 is 23.6 Å². The summed E-state index contributed by atoms with van der Waals surface area (Å²) in [5.41, 5.74) is 2.69. The van der Waals surface area contributed by atoms with Crippen molar-refractivity contribution in [1.29, 1.82) is 0 Å². The molecule has 24 heavy (non-hydrogen) atoms. The van der Waals surface area contributed by atoms with Crippen LogP contribution in [0.5, 0.6) is 11.5 Å². The third-order valence-electron chi connectivity index (χ3n) is 3.07. The van der Waals surface area contributed by atoms with Crippen LogP contribution in [-0.2, 0) is 4.79 Å². The lowest BCUT2D eigenvalue weighted by atomic mass is 10.2. The standard InChI is InChI=1S/C17H16F2N2O3/c1-11(24-16-6-4-3-5-13(16)18)17(22)21-20-10-12-7-8-15(23-2)14(19)9-12/h3-11H,1-2H3,(H,21,22)/b20-10-/t11-/m1/s1. The van der Waals surface area contributed by atoms with E-state index in [1.807, 2.05) is 0 Å². The topological polar surface area (TPSA) is 59.9 Å². The summed E-state index contributed by atoms with van der Waals surface area (Å²) < 4.78 is 37.0. The van der Waals surface area contributed by atoms with Crippen molar-refractivity contribution in [3.05, 3.63) is 59.7 Å². The zero-order chi connectivity index (χ0) is 17.5. The smallest absolute Gasteiger partial charge is 0.280 e. The zero-order valence-corrected chi connectivity index (χ0v) is 13.1. The molecule has 1 atom stereocenters. The summed E-state index contributed by atoms with van der Waals surface area (Å²) in [6.45, 7) is 1.46. The van der Waals surface area contributed by atoms with Crippen LogP contribution in [0.3, 0.4) is 0 Å². The van der Waals surface area contributed by atoms with Crippen LogP contribution in [0.4, 0.5) is 8.78 Å². The van der Waals surface area contributed by atoms with Crippen molar-refractivity contribution in [1.82, 2.24) is 5.43 Å². The summed E-state index contributed by atoms with van der Waals surface area (Å²) in [4.78, 5) is 11.8. The van der Waals surface area contributed by atoms with Crippen LogP contribution in [0.1, 0.15) is 12.5 Å². The van der Waals surface area contributed by atoms with Gasteiger partial charge in [0.25, 0.3) is 5.91 Å². The maximum atomic E-state index is 13.5. The lowest BCUT2D eigenvalue weighted by molar-refractivity contribution is -0.127. The molecular formula is C17H16F2N2O3. The molecular weight excluding hydrogens is 318 g/mol. The molecule has 0 unspecified atom stereocenters. The maximum absolute atomic E-state index is 13.5. The number of methoxy groups -OCH3 is 1. The van der Waals surface area contributed by atoms with Gasteiger partial charge in [-0.1, -0.05) is 12.1 Å². The number of hydrogen-bond donors (Lipinski definition) is 1. The van der Waals surface area contributed by atoms with E-state index in [0.29, 0.717) is 5.56 Å². The van der Waals surface area contributed by atoms with E-state index >= 15 is 0 Å². The van der Waals surface area contributed by atoms with Crippen molar-refractivity contribution < 1.29 is 23.0 Å². The van der Waals surface area contributed by atoms with Gasteiger partial charge in [-0.3, -0.25) is 4.79 Å². The first kappa shape index (κ1) is 17.4. The molecule has 1 N–H and O–H groups in total. The fourth-order valence-corrected chi connectivity index (χ4v) is 1.81. The minimum absolute atomic E-state index is 0.0265. The van der Waals surface area contributed by atoms with Crippen molar-refractivity contribution in [2.45, 2.75) is 13.0 Å². The molecule has 126 valence electrons. The molecule has 2 rings (SSSR count). The third-order valence-corrected chi connectivity index (χ3v) is 3.07. The summed E-state index contributed by atoms with van der Waals surface area (Å²) in [6, 6.07) is 10.0. The quantitative estimate of drug-likeness (QED) is 0.653. The number of carbonyl (C=O) groups is 1. The molecule has 0 aliphatic carbocycles. The van der Waals surface area contributed by atoms with Gasteiger partial charge in [-0.2, -0.15) is 5.10 Å². The Kier molecular flexibility index (Phi) is 5.83. The Morgan fingerprint density at radius 3 is 2.58 bits per heavy atom. The molecule has 0 aromatic heterocycles. The highest BCUT2D eigenvalue weighted by Crippen LogP contribution is 2.17. The number of carbonyl (C=O) groups excluding carboxylic acids is 1. The number of hydrazone groups is 1. The van der Waals surface area contributed by atoms with Crippen molar-refractivity contribution >= 4 is 12.1 Å². The van der Waals surface area contributed by atoms with Crippen LogP contribution in [-0.4, -0.2) is 25.3 Å². The van der Waals surface area contributed by atoms with E-state index in [2.05, 4.69) is 10.5 Å². The van der Waals surface area contributed by atoms with E-state index in [4.69, 9.17) is 9.47 Å². The van der Waals surface area contributed by atoms with Crippen molar-refractivity contribution in [2.75, 3.05) is 7.11 Å². The number of rotatable bonds is 6. The Balaban J connectivity index is 1.92. The van der Waals surface area contributed by atoms with E-state index in [1.54, 1.807) is 12.1 Å². The third kappa shape index (κ3) is 4.52. The van der Waals surface area contributed by atoms with Gasteiger partial charge in [0.1, 0.15) is 0 Å². The van der Waals surface area contributed by atoms with Crippen LogP contribution >= 0.6 is 0 Å². The maximum Gasteiger partial charge on any atom is 0.280 e. The highest BCUT2D eigenvalue weighted by Gasteiger charge is 2.15. The fourth-order valence-electron chi connectivity index (χ4n) is 1.81. The first-order valence-corrected chi connectivity index (χ1v) is 7.09. The molecule has 0 aliphatic rings. The Bertz CT molecular complexity index is 750. The molecule has 0 aliphatic heterocycles. The second kappa shape index (κ2) is 8.05. The van der Waals surface area contributed by atoms with Crippen molar-refractivity contribution in [3.63, 3.8) is 0 Å². The molecule has 0 saturated heterocycles. The summed E-state index contributed by atoms with van der Waals surface area (Å²) in [5, 5.41) is 3.72. The molecule has 0 saturated carbocycles. The van der Waals surface area contributed by atoms with Crippen molar-refractivity contribution in [3.8, 4) is 11.5 Å². The van der Waals surface area contributed by atoms with Crippen LogP contribution in [0.25, 0.3) is 0 Å². The molecule has 7 heteroatoms. The first-order valence-electron chi connectivity index (χ1n) is 7.09. The highest BCUT2D eigenvalue weighted by atomic mass is 19.1. The van der Waals surface area contributed by atoms with Gasteiger partial charge in [-0.05, 0) is 42.8 Å². The highest BCUT2D eigenvalue weighted by molar-refractivity contribution is 5.84. The minimum atomic E-state index is -0.952. The summed E-state index contributed by atoms with van der Waals surface area (Å²) in [7, 11) is 1.36. The average molecular weight is 334 g/mol. The molecule has 0 radical (unpaired) electrons. The predicted octanol–water partition coefficient (Wildman–Crippen LogP) is 2.89. The number of benzene rings is 2. The van der Waals surface area contributed by atoms with Gasteiger partial charge in [-0.15, -0.1) is 0 Å². The number of nitrogens with zero attached hydrogens (tertiary/aromatic N) is 1. The van der Waals surface area contributed by atoms with Crippen molar-refractivity contribution in [2.24, 2.45) is 5.10 Å². The number of hydrogen-bond acceptors (Lipinski definition) is 4. The minimum Gasteiger partial charge on any atom is -0.494 e. The number of para-hydroxylation sites is 1. The second-order valence-corrected chi connectivity index (χ2v) is 4.82. The monoisotopic (exact) mass is 334 g/mol. The zero-order valence-electron chi connectivity index (χ0n) is 13.1. The van der Waals surface area contributed by atoms with Crippen LogP contribution in [0.15, 0.2) is 47.6 Å². The second-order valence-electron chi connectivity index (χ2n) is 4.82. The van der Waals surface area contributed by atoms with Gasteiger partial charge in [0.15, 0.2) is 29.2 Å². The Labute approximate surface area is 137 Å². The fraction of sp³-hybridized carbons (Fsp3) is 0.176. The van der Waals surface area contributed by atoms with Gasteiger partial charge < -0.3 is 9.47 Å². The van der Waals surface area contributed by atoms with Crippen LogP contribution < -0.4 is 14.9 Å². The summed E-state index contributed by atoms with van der Waals surface area (Å²) in [6.07, 6.45) is 0.322. The van der Waals surface area contributed by atoms with Crippen LogP contribution in [0, 0.1) is 11.6 Å². The normalized spacial score (nSPS) is 12.0. The number of halogens is 2. The number of ether oxygens (including phenoxy) is 2. The summed E-state index contributed by atoms with van der Waals surface area (Å²) >= 11 is 0. The molecule has 0 spiro atoms. The molecule has 0 heterocycles. The van der Waals surface area contributed by atoms with E-state index in [0.717, 1.165) is 0 Å². The van der Waals surface area contributed by atoms with Gasteiger partial charge in [0, 0.05) is 0 Å². The molecule has 0 fully saturated rings. The van der Waals surface area contributed by atoms with E-state index in [-0.39, 0.29) is 11.5 Å². The molecule has 1 amide bonds. The molecule has 5 nitrogen and oxygen atoms in total. The average Bonchev–Trinajstić information content (AvgIpc) is 2.57. The summed E-state index contributed by atoms with van der Waals surface area (Å²) in [5.74, 6) is -1.58. The molecule has 2 aromatic rings. The molecule has 0 bridgehead atoms. The largest absolute Gasteiger partial charge is 0.494 e. The van der Waals surface area contributed by atoms with Crippen LogP contribution in [0.2, 0.25) is 0 Å². The predicted molar refractivity (Wildman–Crippen MR) is 85.2 cm³/mol. The van der Waals surface area contributed by atoms with E-state index in [9.17, 15) is 13.6 Å². The Morgan fingerprint density at radius 1 is 1.17 bits per heavy atom.